The summed E-state index contributed by atoms with van der Waals surface area (Å²) >= 11 is 0. The molecule has 2 heterocycles. The molecule has 1 aromatic heterocycles. The molecule has 1 aromatic rings. The van der Waals surface area contributed by atoms with Crippen molar-refractivity contribution in [3.63, 3.8) is 0 Å². The first-order chi connectivity index (χ1) is 7.83. The molecule has 5 heteroatoms. The van der Waals surface area contributed by atoms with Crippen LogP contribution in [0, 0.1) is 0 Å². The van der Waals surface area contributed by atoms with Crippen LogP contribution in [0.2, 0.25) is 0 Å². The molecule has 1 atom stereocenters. The van der Waals surface area contributed by atoms with Crippen LogP contribution in [0.5, 0.6) is 0 Å². The molecule has 1 saturated heterocycles. The Bertz CT molecular complexity index is 351. The highest BCUT2D eigenvalue weighted by molar-refractivity contribution is 5.52. The normalized spacial score (nSPS) is 21.4. The molecule has 0 saturated carbocycles. The van der Waals surface area contributed by atoms with Crippen LogP contribution in [0.4, 0.5) is 0 Å². The van der Waals surface area contributed by atoms with Crippen LogP contribution in [0.1, 0.15) is 31.5 Å². The minimum Gasteiger partial charge on any atom is -0.339 e. The summed E-state index contributed by atoms with van der Waals surface area (Å²) in [4.78, 5) is 16.9. The number of aldehydes is 1. The van der Waals surface area contributed by atoms with Crippen LogP contribution in [0.15, 0.2) is 4.52 Å². The Labute approximate surface area is 94.8 Å². The maximum absolute atomic E-state index is 10.3. The van der Waals surface area contributed by atoms with Gasteiger partial charge in [0.15, 0.2) is 5.82 Å². The van der Waals surface area contributed by atoms with Gasteiger partial charge in [-0.2, -0.15) is 4.98 Å². The molecule has 1 unspecified atom stereocenters. The predicted molar refractivity (Wildman–Crippen MR) is 58.0 cm³/mol. The molecule has 1 aliphatic rings. The highest BCUT2D eigenvalue weighted by Crippen LogP contribution is 2.19. The van der Waals surface area contributed by atoms with Crippen molar-refractivity contribution in [3.8, 4) is 0 Å². The number of carbonyl (C=O) groups excluding carboxylic acids is 1. The van der Waals surface area contributed by atoms with E-state index >= 15 is 0 Å². The van der Waals surface area contributed by atoms with Gasteiger partial charge >= 0.3 is 0 Å². The molecular weight excluding hydrogens is 206 g/mol. The van der Waals surface area contributed by atoms with E-state index in [1.807, 2.05) is 0 Å². The van der Waals surface area contributed by atoms with E-state index in [2.05, 4.69) is 22.0 Å². The van der Waals surface area contributed by atoms with Crippen LogP contribution < -0.4 is 0 Å². The molecule has 5 nitrogen and oxygen atoms in total. The van der Waals surface area contributed by atoms with Crippen molar-refractivity contribution >= 4 is 6.29 Å². The van der Waals surface area contributed by atoms with Gasteiger partial charge in [0.2, 0.25) is 5.89 Å². The summed E-state index contributed by atoms with van der Waals surface area (Å²) in [6.45, 7) is 4.41. The highest BCUT2D eigenvalue weighted by Gasteiger charge is 2.24. The second-order valence-electron chi connectivity index (χ2n) is 4.10. The first kappa shape index (κ1) is 11.3. The summed E-state index contributed by atoms with van der Waals surface area (Å²) in [5.74, 6) is 1.15. The number of likely N-dealkylation sites (N-methyl/N-ethyl adjacent to an activating group) is 1. The van der Waals surface area contributed by atoms with Crippen molar-refractivity contribution in [3.05, 3.63) is 11.7 Å². The molecule has 1 aliphatic heterocycles. The summed E-state index contributed by atoms with van der Waals surface area (Å²) in [5.41, 5.74) is 0. The third-order valence-electron chi connectivity index (χ3n) is 3.09. The van der Waals surface area contributed by atoms with Crippen LogP contribution in [0.25, 0.3) is 0 Å². The largest absolute Gasteiger partial charge is 0.339 e. The van der Waals surface area contributed by atoms with Gasteiger partial charge in [-0.3, -0.25) is 0 Å². The number of hydrogen-bond acceptors (Lipinski definition) is 5. The summed E-state index contributed by atoms with van der Waals surface area (Å²) in [5, 5.41) is 3.90. The average molecular weight is 223 g/mol. The van der Waals surface area contributed by atoms with E-state index in [1.54, 1.807) is 0 Å². The molecule has 0 bridgehead atoms. The Kier molecular flexibility index (Phi) is 3.66. The molecule has 88 valence electrons. The summed E-state index contributed by atoms with van der Waals surface area (Å²) in [6.07, 6.45) is 4.28. The maximum atomic E-state index is 10.3. The number of likely N-dealkylation sites (tertiary alicyclic amines) is 1. The molecule has 0 aliphatic carbocycles. The van der Waals surface area contributed by atoms with Crippen LogP contribution in [0.3, 0.4) is 0 Å². The molecule has 0 spiro atoms. The number of hydrogen-bond donors (Lipinski definition) is 0. The van der Waals surface area contributed by atoms with E-state index in [0.29, 0.717) is 11.9 Å². The standard InChI is InChI=1S/C11H17N3O2/c1-2-14-6-3-4-9(14)8-10-12-11(5-7-15)16-13-10/h7,9H,2-6,8H2,1H3. The fourth-order valence-corrected chi connectivity index (χ4v) is 2.28. The molecule has 0 N–H and O–H groups in total. The number of rotatable bonds is 5. The lowest BCUT2D eigenvalue weighted by molar-refractivity contribution is -0.107. The first-order valence-corrected chi connectivity index (χ1v) is 5.82. The lowest BCUT2D eigenvalue weighted by atomic mass is 10.1. The molecular formula is C11H17N3O2. The van der Waals surface area contributed by atoms with E-state index in [0.717, 1.165) is 25.1 Å². The zero-order chi connectivity index (χ0) is 11.4. The van der Waals surface area contributed by atoms with Crippen molar-refractivity contribution in [1.29, 1.82) is 0 Å². The van der Waals surface area contributed by atoms with Crippen molar-refractivity contribution in [2.75, 3.05) is 13.1 Å². The minimum atomic E-state index is 0.217. The predicted octanol–water partition coefficient (Wildman–Crippen LogP) is 0.838. The smallest absolute Gasteiger partial charge is 0.233 e. The molecule has 1 fully saturated rings. The lowest BCUT2D eigenvalue weighted by Crippen LogP contribution is -2.31. The Morgan fingerprint density at radius 3 is 3.25 bits per heavy atom. The van der Waals surface area contributed by atoms with Gasteiger partial charge in [0.25, 0.3) is 0 Å². The first-order valence-electron chi connectivity index (χ1n) is 5.82. The molecule has 0 radical (unpaired) electrons. The fourth-order valence-electron chi connectivity index (χ4n) is 2.28. The highest BCUT2D eigenvalue weighted by atomic mass is 16.5. The number of carbonyl (C=O) groups is 1. The van der Waals surface area contributed by atoms with E-state index < -0.39 is 0 Å². The topological polar surface area (TPSA) is 59.2 Å². The summed E-state index contributed by atoms with van der Waals surface area (Å²) in [6, 6.07) is 0.534. The van der Waals surface area contributed by atoms with Crippen molar-refractivity contribution in [2.45, 2.75) is 38.6 Å². The van der Waals surface area contributed by atoms with Gasteiger partial charge < -0.3 is 14.2 Å². The Balaban J connectivity index is 1.94. The van der Waals surface area contributed by atoms with Gasteiger partial charge in [-0.25, -0.2) is 0 Å². The van der Waals surface area contributed by atoms with Crippen molar-refractivity contribution in [2.24, 2.45) is 0 Å². The third-order valence-corrected chi connectivity index (χ3v) is 3.09. The second-order valence-corrected chi connectivity index (χ2v) is 4.10. The molecule has 16 heavy (non-hydrogen) atoms. The van der Waals surface area contributed by atoms with E-state index in [9.17, 15) is 4.79 Å². The third kappa shape index (κ3) is 2.47. The van der Waals surface area contributed by atoms with Crippen molar-refractivity contribution in [1.82, 2.24) is 15.0 Å². The molecule has 0 amide bonds. The van der Waals surface area contributed by atoms with Gasteiger partial charge in [0, 0.05) is 12.5 Å². The van der Waals surface area contributed by atoms with Crippen molar-refractivity contribution < 1.29 is 9.32 Å². The van der Waals surface area contributed by atoms with E-state index in [1.165, 1.54) is 19.4 Å². The molecule has 2 rings (SSSR count). The van der Waals surface area contributed by atoms with Gasteiger partial charge in [-0.05, 0) is 25.9 Å². The Hall–Kier alpha value is -1.23. The van der Waals surface area contributed by atoms with Crippen LogP contribution in [-0.4, -0.2) is 40.5 Å². The van der Waals surface area contributed by atoms with Gasteiger partial charge in [0.1, 0.15) is 6.29 Å². The number of aromatic nitrogens is 2. The monoisotopic (exact) mass is 223 g/mol. The van der Waals surface area contributed by atoms with Gasteiger partial charge in [-0.1, -0.05) is 12.1 Å². The zero-order valence-electron chi connectivity index (χ0n) is 9.56. The quantitative estimate of drug-likeness (QED) is 0.692. The molecule has 0 aromatic carbocycles. The maximum Gasteiger partial charge on any atom is 0.233 e. The SMILES string of the molecule is CCN1CCCC1Cc1noc(CC=O)n1. The fraction of sp³-hybridized carbons (Fsp3) is 0.727. The zero-order valence-corrected chi connectivity index (χ0v) is 9.56. The van der Waals surface area contributed by atoms with Gasteiger partial charge in [0.05, 0.1) is 6.42 Å². The average Bonchev–Trinajstić information content (AvgIpc) is 2.89. The number of nitrogens with zero attached hydrogens (tertiary/aromatic N) is 3. The minimum absolute atomic E-state index is 0.217. The van der Waals surface area contributed by atoms with E-state index in [-0.39, 0.29) is 6.42 Å². The second kappa shape index (κ2) is 5.21. The van der Waals surface area contributed by atoms with Crippen LogP contribution >= 0.6 is 0 Å². The Morgan fingerprint density at radius 2 is 2.50 bits per heavy atom. The lowest BCUT2D eigenvalue weighted by Gasteiger charge is -2.20. The summed E-state index contributed by atoms with van der Waals surface area (Å²) < 4.78 is 4.97. The Morgan fingerprint density at radius 1 is 1.62 bits per heavy atom. The summed E-state index contributed by atoms with van der Waals surface area (Å²) in [7, 11) is 0. The van der Waals surface area contributed by atoms with E-state index in [4.69, 9.17) is 4.52 Å². The van der Waals surface area contributed by atoms with Gasteiger partial charge in [-0.15, -0.1) is 0 Å². The van der Waals surface area contributed by atoms with Crippen LogP contribution in [-0.2, 0) is 17.6 Å².